The summed E-state index contributed by atoms with van der Waals surface area (Å²) in [7, 11) is 0. The number of aryl methyl sites for hydroxylation is 2. The number of nitrogens with zero attached hydrogens (tertiary/aromatic N) is 3. The molecule has 2 aliphatic rings. The first-order valence-electron chi connectivity index (χ1n) is 15.7. The van der Waals surface area contributed by atoms with E-state index in [1.54, 1.807) is 11.6 Å². The number of anilines is 1. The highest BCUT2D eigenvalue weighted by Gasteiger charge is 2.28. The lowest BCUT2D eigenvalue weighted by atomic mass is 9.83. The van der Waals surface area contributed by atoms with Gasteiger partial charge in [0.05, 0.1) is 18.5 Å². The summed E-state index contributed by atoms with van der Waals surface area (Å²) < 4.78 is 6.72. The number of carbonyl (C=O) groups excluding carboxylic acids is 1. The molecule has 44 heavy (non-hydrogen) atoms. The fourth-order valence-electron chi connectivity index (χ4n) is 7.13. The van der Waals surface area contributed by atoms with Crippen LogP contribution in [0.1, 0.15) is 83.1 Å². The van der Waals surface area contributed by atoms with Crippen molar-refractivity contribution in [2.45, 2.75) is 64.2 Å². The zero-order chi connectivity index (χ0) is 30.8. The largest absolute Gasteiger partial charge is 0.465 e. The van der Waals surface area contributed by atoms with Gasteiger partial charge >= 0.3 is 12.1 Å². The fourth-order valence-corrected chi connectivity index (χ4v) is 7.13. The van der Waals surface area contributed by atoms with E-state index in [0.717, 1.165) is 49.8 Å². The van der Waals surface area contributed by atoms with E-state index in [0.29, 0.717) is 24.9 Å². The Hall–Kier alpha value is -4.59. The lowest BCUT2D eigenvalue weighted by Crippen LogP contribution is -2.37. The van der Waals surface area contributed by atoms with Gasteiger partial charge in [0.15, 0.2) is 0 Å². The number of benzene rings is 3. The molecule has 0 radical (unpaired) electrons. The SMILES string of the molecule is CCOC(=O)c1cnn(-c2cccc(-c3cccc4c3C(Cc3ccc(C5CCN(C(=O)O)CC5)c(CC)c3)CC4)c2)c1N. The second-order valence-electron chi connectivity index (χ2n) is 11.9. The summed E-state index contributed by atoms with van der Waals surface area (Å²) in [5.74, 6) is 0.612. The van der Waals surface area contributed by atoms with Crippen molar-refractivity contribution in [2.75, 3.05) is 25.4 Å². The van der Waals surface area contributed by atoms with Crippen LogP contribution in [0.4, 0.5) is 10.6 Å². The minimum Gasteiger partial charge on any atom is -0.465 e. The third-order valence-corrected chi connectivity index (χ3v) is 9.35. The Labute approximate surface area is 258 Å². The third-order valence-electron chi connectivity index (χ3n) is 9.35. The molecule has 3 aromatic carbocycles. The fraction of sp³-hybridized carbons (Fsp3) is 0.361. The van der Waals surface area contributed by atoms with Crippen LogP contribution < -0.4 is 5.73 Å². The average Bonchev–Trinajstić information content (AvgIpc) is 3.64. The Balaban J connectivity index is 1.25. The van der Waals surface area contributed by atoms with Crippen molar-refractivity contribution in [1.82, 2.24) is 14.7 Å². The number of piperidine rings is 1. The van der Waals surface area contributed by atoms with Gasteiger partial charge in [-0.25, -0.2) is 14.3 Å². The van der Waals surface area contributed by atoms with E-state index in [1.807, 2.05) is 12.1 Å². The normalized spacial score (nSPS) is 16.6. The number of aromatic nitrogens is 2. The molecule has 2 heterocycles. The number of carboxylic acid groups (broad SMARTS) is 1. The Bertz CT molecular complexity index is 1690. The van der Waals surface area contributed by atoms with Gasteiger partial charge in [-0.05, 0) is 108 Å². The molecule has 3 N–H and O–H groups in total. The number of amides is 1. The maximum Gasteiger partial charge on any atom is 0.407 e. The van der Waals surface area contributed by atoms with E-state index in [2.05, 4.69) is 60.6 Å². The molecule has 0 spiro atoms. The topological polar surface area (TPSA) is 111 Å². The highest BCUT2D eigenvalue weighted by molar-refractivity contribution is 5.94. The first-order valence-corrected chi connectivity index (χ1v) is 15.7. The molecule has 1 atom stereocenters. The van der Waals surface area contributed by atoms with Crippen molar-refractivity contribution in [3.63, 3.8) is 0 Å². The number of rotatable bonds is 8. The van der Waals surface area contributed by atoms with E-state index in [1.165, 1.54) is 44.5 Å². The maximum atomic E-state index is 12.3. The Morgan fingerprint density at radius 1 is 1.02 bits per heavy atom. The molecule has 1 aromatic heterocycles. The number of ether oxygens (including phenoxy) is 1. The van der Waals surface area contributed by atoms with Crippen LogP contribution in [0.2, 0.25) is 0 Å². The number of hydrogen-bond donors (Lipinski definition) is 2. The molecule has 4 aromatic rings. The van der Waals surface area contributed by atoms with Crippen LogP contribution >= 0.6 is 0 Å². The summed E-state index contributed by atoms with van der Waals surface area (Å²) in [4.78, 5) is 25.2. The van der Waals surface area contributed by atoms with Crippen LogP contribution in [0.5, 0.6) is 0 Å². The van der Waals surface area contributed by atoms with Crippen LogP contribution in [0, 0.1) is 0 Å². The summed E-state index contributed by atoms with van der Waals surface area (Å²) in [5, 5.41) is 13.7. The van der Waals surface area contributed by atoms with E-state index in [-0.39, 0.29) is 18.0 Å². The number of likely N-dealkylation sites (tertiary alicyclic amines) is 1. The minimum atomic E-state index is -0.814. The molecular weight excluding hydrogens is 552 g/mol. The lowest BCUT2D eigenvalue weighted by molar-refractivity contribution is 0.0527. The smallest absolute Gasteiger partial charge is 0.407 e. The highest BCUT2D eigenvalue weighted by Crippen LogP contribution is 2.42. The van der Waals surface area contributed by atoms with Gasteiger partial charge < -0.3 is 20.5 Å². The summed E-state index contributed by atoms with van der Waals surface area (Å²) in [6, 6.07) is 21.8. The highest BCUT2D eigenvalue weighted by atomic mass is 16.5. The predicted octanol–water partition coefficient (Wildman–Crippen LogP) is 6.99. The summed E-state index contributed by atoms with van der Waals surface area (Å²) in [5.41, 5.74) is 16.6. The maximum absolute atomic E-state index is 12.3. The van der Waals surface area contributed by atoms with E-state index in [4.69, 9.17) is 10.5 Å². The van der Waals surface area contributed by atoms with Gasteiger partial charge in [0.25, 0.3) is 0 Å². The zero-order valence-electron chi connectivity index (χ0n) is 25.5. The molecule has 228 valence electrons. The molecule has 6 rings (SSSR count). The number of nitrogens with two attached hydrogens (primary N) is 1. The molecule has 8 heteroatoms. The Morgan fingerprint density at radius 3 is 2.57 bits per heavy atom. The predicted molar refractivity (Wildman–Crippen MR) is 172 cm³/mol. The van der Waals surface area contributed by atoms with Gasteiger partial charge in [0, 0.05) is 13.1 Å². The van der Waals surface area contributed by atoms with Crippen molar-refractivity contribution in [1.29, 1.82) is 0 Å². The van der Waals surface area contributed by atoms with Crippen LogP contribution in [-0.4, -0.2) is 51.5 Å². The van der Waals surface area contributed by atoms with Gasteiger partial charge in [-0.3, -0.25) is 0 Å². The van der Waals surface area contributed by atoms with Gasteiger partial charge in [-0.2, -0.15) is 5.10 Å². The van der Waals surface area contributed by atoms with Crippen molar-refractivity contribution in [3.8, 4) is 16.8 Å². The molecule has 1 aliphatic heterocycles. The molecule has 1 unspecified atom stereocenters. The molecule has 1 aliphatic carbocycles. The lowest BCUT2D eigenvalue weighted by Gasteiger charge is -2.31. The quantitative estimate of drug-likeness (QED) is 0.213. The first-order chi connectivity index (χ1) is 21.4. The summed E-state index contributed by atoms with van der Waals surface area (Å²) in [6.45, 7) is 5.46. The second-order valence-corrected chi connectivity index (χ2v) is 11.9. The standard InChI is InChI=1S/C36H40N4O4/c1-3-24-19-23(11-14-30(24)25-15-17-39(18-16-25)36(42)43)20-28-13-12-26-7-6-10-31(33(26)28)27-8-5-9-29(21-27)40-34(37)32(22-38-40)35(41)44-4-2/h5-11,14,19,21-22,25,28H,3-4,12-13,15-18,20,37H2,1-2H3,(H,42,43). The van der Waals surface area contributed by atoms with Crippen LogP contribution in [0.15, 0.2) is 66.9 Å². The second kappa shape index (κ2) is 12.6. The van der Waals surface area contributed by atoms with Crippen LogP contribution in [0.3, 0.4) is 0 Å². The number of carbonyl (C=O) groups is 2. The van der Waals surface area contributed by atoms with Gasteiger partial charge in [0.2, 0.25) is 0 Å². The average molecular weight is 593 g/mol. The molecule has 1 saturated heterocycles. The molecule has 1 amide bonds. The first kappa shape index (κ1) is 29.5. The van der Waals surface area contributed by atoms with Crippen LogP contribution in [0.25, 0.3) is 16.8 Å². The third kappa shape index (κ3) is 5.68. The monoisotopic (exact) mass is 592 g/mol. The Morgan fingerprint density at radius 2 is 1.82 bits per heavy atom. The molecule has 8 nitrogen and oxygen atoms in total. The van der Waals surface area contributed by atoms with Gasteiger partial charge in [0.1, 0.15) is 11.4 Å². The van der Waals surface area contributed by atoms with Crippen molar-refractivity contribution >= 4 is 17.9 Å². The van der Waals surface area contributed by atoms with Crippen molar-refractivity contribution in [2.24, 2.45) is 0 Å². The van der Waals surface area contributed by atoms with E-state index in [9.17, 15) is 14.7 Å². The summed E-state index contributed by atoms with van der Waals surface area (Å²) in [6.07, 6.45) is 6.52. The van der Waals surface area contributed by atoms with E-state index >= 15 is 0 Å². The van der Waals surface area contributed by atoms with Crippen molar-refractivity contribution in [3.05, 3.63) is 100 Å². The van der Waals surface area contributed by atoms with Crippen LogP contribution in [-0.2, 0) is 24.0 Å². The zero-order valence-corrected chi connectivity index (χ0v) is 25.5. The minimum absolute atomic E-state index is 0.263. The number of hydrogen-bond acceptors (Lipinski definition) is 5. The summed E-state index contributed by atoms with van der Waals surface area (Å²) >= 11 is 0. The number of nitrogen functional groups attached to an aromatic ring is 1. The number of esters is 1. The molecule has 0 bridgehead atoms. The number of fused-ring (bicyclic) bond motifs is 1. The molecular formula is C36H40N4O4. The van der Waals surface area contributed by atoms with Gasteiger partial charge in [-0.15, -0.1) is 0 Å². The molecule has 0 saturated carbocycles. The Kier molecular flexibility index (Phi) is 8.42. The molecule has 1 fully saturated rings. The van der Waals surface area contributed by atoms with Gasteiger partial charge in [-0.1, -0.05) is 55.5 Å². The van der Waals surface area contributed by atoms with E-state index < -0.39 is 12.1 Å². The van der Waals surface area contributed by atoms with Crippen molar-refractivity contribution < 1.29 is 19.4 Å².